The molecule has 1 amide bonds. The first-order chi connectivity index (χ1) is 16.3. The van der Waals surface area contributed by atoms with Crippen LogP contribution < -0.4 is 5.32 Å². The van der Waals surface area contributed by atoms with Crippen LogP contribution in [-0.4, -0.2) is 31.3 Å². The summed E-state index contributed by atoms with van der Waals surface area (Å²) < 4.78 is 28.6. The van der Waals surface area contributed by atoms with Gasteiger partial charge in [-0.15, -0.1) is 0 Å². The molecule has 170 valence electrons. The van der Waals surface area contributed by atoms with E-state index in [1.165, 1.54) is 12.5 Å². The predicted octanol–water partition coefficient (Wildman–Crippen LogP) is 5.33. The molecular formula is C25H18ClN3O4S. The number of pyridine rings is 1. The summed E-state index contributed by atoms with van der Waals surface area (Å²) in [5, 5.41) is 3.31. The van der Waals surface area contributed by atoms with Crippen LogP contribution in [0.2, 0.25) is 5.02 Å². The minimum atomic E-state index is -3.26. The Bertz CT molecular complexity index is 1540. The number of nitrogens with zero attached hydrogens (tertiary/aromatic N) is 2. The Kier molecular flexibility index (Phi) is 5.55. The lowest BCUT2D eigenvalue weighted by Gasteiger charge is -2.08. The zero-order valence-electron chi connectivity index (χ0n) is 17.9. The average molecular weight is 492 g/mol. The number of sulfone groups is 1. The maximum atomic E-state index is 12.3. The van der Waals surface area contributed by atoms with E-state index in [9.17, 15) is 13.2 Å². The molecule has 9 heteroatoms. The first kappa shape index (κ1) is 22.1. The van der Waals surface area contributed by atoms with Gasteiger partial charge in [0, 0.05) is 46.3 Å². The van der Waals surface area contributed by atoms with E-state index in [1.54, 1.807) is 60.8 Å². The number of hydrogen-bond donors (Lipinski definition) is 1. The fourth-order valence-corrected chi connectivity index (χ4v) is 4.57. The third-order valence-corrected chi connectivity index (χ3v) is 6.90. The number of carbonyl (C=O) groups is 1. The van der Waals surface area contributed by atoms with Crippen LogP contribution in [0, 0.1) is 0 Å². The van der Waals surface area contributed by atoms with Crippen molar-refractivity contribution in [2.24, 2.45) is 4.99 Å². The van der Waals surface area contributed by atoms with Gasteiger partial charge in [0.15, 0.2) is 21.4 Å². The van der Waals surface area contributed by atoms with Gasteiger partial charge in [-0.2, -0.15) is 0 Å². The highest BCUT2D eigenvalue weighted by atomic mass is 35.5. The highest BCUT2D eigenvalue weighted by molar-refractivity contribution is 7.90. The summed E-state index contributed by atoms with van der Waals surface area (Å²) in [6.45, 7) is 0. The van der Waals surface area contributed by atoms with Crippen LogP contribution in [0.5, 0.6) is 0 Å². The Hall–Kier alpha value is -3.75. The highest BCUT2D eigenvalue weighted by Crippen LogP contribution is 2.33. The van der Waals surface area contributed by atoms with E-state index in [0.29, 0.717) is 28.5 Å². The van der Waals surface area contributed by atoms with Crippen LogP contribution in [0.15, 0.2) is 87.4 Å². The van der Waals surface area contributed by atoms with E-state index in [2.05, 4.69) is 15.3 Å². The number of amides is 1. The molecule has 0 atom stereocenters. The van der Waals surface area contributed by atoms with Crippen LogP contribution in [-0.2, 0) is 16.3 Å². The Morgan fingerprint density at radius 1 is 1.06 bits per heavy atom. The molecule has 4 aromatic rings. The first-order valence-corrected chi connectivity index (χ1v) is 12.6. The largest absolute Gasteiger partial charge is 0.459 e. The molecule has 0 unspecified atom stereocenters. The van der Waals surface area contributed by atoms with E-state index in [1.807, 2.05) is 6.07 Å². The fraction of sp³-hybridized carbons (Fsp3) is 0.0800. The normalized spacial score (nSPS) is 12.8. The van der Waals surface area contributed by atoms with Crippen molar-refractivity contribution < 1.29 is 17.6 Å². The second-order valence-corrected chi connectivity index (χ2v) is 10.3. The van der Waals surface area contributed by atoms with E-state index >= 15 is 0 Å². The lowest BCUT2D eigenvalue weighted by Crippen LogP contribution is -2.11. The molecule has 2 aromatic heterocycles. The molecule has 0 fully saturated rings. The van der Waals surface area contributed by atoms with Crippen molar-refractivity contribution in [2.75, 3.05) is 11.6 Å². The molecule has 0 saturated heterocycles. The van der Waals surface area contributed by atoms with Gasteiger partial charge in [0.1, 0.15) is 0 Å². The molecule has 0 spiro atoms. The van der Waals surface area contributed by atoms with Gasteiger partial charge in [-0.1, -0.05) is 23.7 Å². The molecule has 2 aromatic carbocycles. The van der Waals surface area contributed by atoms with Gasteiger partial charge in [-0.3, -0.25) is 4.79 Å². The molecule has 1 aliphatic heterocycles. The van der Waals surface area contributed by atoms with E-state index < -0.39 is 9.84 Å². The first-order valence-electron chi connectivity index (χ1n) is 10.3. The number of anilines is 1. The van der Waals surface area contributed by atoms with Crippen molar-refractivity contribution in [2.45, 2.75) is 11.3 Å². The van der Waals surface area contributed by atoms with Gasteiger partial charge in [0.05, 0.1) is 16.9 Å². The molecule has 1 aliphatic rings. The molecule has 0 bridgehead atoms. The summed E-state index contributed by atoms with van der Waals surface area (Å²) in [6, 6.07) is 17.1. The second kappa shape index (κ2) is 8.55. The summed E-state index contributed by atoms with van der Waals surface area (Å²) in [7, 11) is -3.26. The molecule has 0 saturated carbocycles. The molecule has 34 heavy (non-hydrogen) atoms. The van der Waals surface area contributed by atoms with Crippen molar-refractivity contribution in [3.8, 4) is 11.1 Å². The number of halogens is 1. The van der Waals surface area contributed by atoms with Crippen molar-refractivity contribution in [1.29, 1.82) is 0 Å². The number of benzene rings is 2. The third kappa shape index (κ3) is 4.37. The number of carbonyl (C=O) groups excluding carboxylic acids is 1. The quantitative estimate of drug-likeness (QED) is 0.406. The second-order valence-electron chi connectivity index (χ2n) is 7.86. The zero-order valence-corrected chi connectivity index (χ0v) is 19.5. The van der Waals surface area contributed by atoms with Gasteiger partial charge in [0.2, 0.25) is 0 Å². The minimum Gasteiger partial charge on any atom is -0.459 e. The van der Waals surface area contributed by atoms with Crippen LogP contribution in [0.1, 0.15) is 21.7 Å². The van der Waals surface area contributed by atoms with Gasteiger partial charge < -0.3 is 9.73 Å². The van der Waals surface area contributed by atoms with Crippen LogP contribution >= 0.6 is 11.6 Å². The Morgan fingerprint density at radius 3 is 2.56 bits per heavy atom. The number of aliphatic imine (C=N–C) groups is 1. The molecule has 0 radical (unpaired) electrons. The van der Waals surface area contributed by atoms with E-state index in [4.69, 9.17) is 16.0 Å². The molecule has 3 heterocycles. The highest BCUT2D eigenvalue weighted by Gasteiger charge is 2.21. The number of aromatic nitrogens is 1. The standard InChI is InChI=1S/C25H18ClN3O4S/c1-34(31,32)19-7-4-15(5-8-19)17-11-16-12-22(29-24(16)27-14-17)20-13-18(6-9-21(20)26)28-25(30)23-3-2-10-33-23/h2-11,13-14H,12H2,1H3,(H,28,30). The molecule has 7 nitrogen and oxygen atoms in total. The minimum absolute atomic E-state index is 0.211. The Labute approximate surface area is 201 Å². The Morgan fingerprint density at radius 2 is 1.85 bits per heavy atom. The molecule has 1 N–H and O–H groups in total. The number of furan rings is 1. The summed E-state index contributed by atoms with van der Waals surface area (Å²) in [5.74, 6) is 0.458. The van der Waals surface area contributed by atoms with Crippen molar-refractivity contribution in [3.63, 3.8) is 0 Å². The number of hydrogen-bond acceptors (Lipinski definition) is 6. The van der Waals surface area contributed by atoms with Crippen LogP contribution in [0.4, 0.5) is 11.5 Å². The van der Waals surface area contributed by atoms with Crippen molar-refractivity contribution in [3.05, 3.63) is 95.0 Å². The SMILES string of the molecule is CS(=O)(=O)c1ccc(-c2cnc3c(c2)CC(c2cc(NC(=O)c4ccco4)ccc2Cl)=N3)cc1. The van der Waals surface area contributed by atoms with Crippen molar-refractivity contribution >= 4 is 44.6 Å². The fourth-order valence-electron chi connectivity index (χ4n) is 3.71. The van der Waals surface area contributed by atoms with Gasteiger partial charge in [-0.05, 0) is 54.1 Å². The van der Waals surface area contributed by atoms with Crippen molar-refractivity contribution in [1.82, 2.24) is 4.98 Å². The lowest BCUT2D eigenvalue weighted by atomic mass is 10.0. The maximum Gasteiger partial charge on any atom is 0.291 e. The molecule has 5 rings (SSSR count). The Balaban J connectivity index is 1.38. The average Bonchev–Trinajstić information content (AvgIpc) is 3.49. The van der Waals surface area contributed by atoms with Gasteiger partial charge in [0.25, 0.3) is 5.91 Å². The third-order valence-electron chi connectivity index (χ3n) is 5.44. The molecule has 0 aliphatic carbocycles. The predicted molar refractivity (Wildman–Crippen MR) is 131 cm³/mol. The molecular weight excluding hydrogens is 474 g/mol. The van der Waals surface area contributed by atoms with Gasteiger partial charge in [-0.25, -0.2) is 18.4 Å². The lowest BCUT2D eigenvalue weighted by molar-refractivity contribution is 0.0996. The summed E-state index contributed by atoms with van der Waals surface area (Å²) in [5.41, 5.74) is 4.67. The van der Waals surface area contributed by atoms with E-state index in [0.717, 1.165) is 22.4 Å². The zero-order chi connectivity index (χ0) is 23.9. The summed E-state index contributed by atoms with van der Waals surface area (Å²) in [4.78, 5) is 21.7. The van der Waals surface area contributed by atoms with Gasteiger partial charge >= 0.3 is 0 Å². The monoisotopic (exact) mass is 491 g/mol. The van der Waals surface area contributed by atoms with Crippen LogP contribution in [0.3, 0.4) is 0 Å². The number of rotatable bonds is 5. The summed E-state index contributed by atoms with van der Waals surface area (Å²) in [6.07, 6.45) is 4.85. The topological polar surface area (TPSA) is 102 Å². The smallest absolute Gasteiger partial charge is 0.291 e. The van der Waals surface area contributed by atoms with Crippen LogP contribution in [0.25, 0.3) is 11.1 Å². The van der Waals surface area contributed by atoms with E-state index in [-0.39, 0.29) is 16.6 Å². The number of nitrogens with one attached hydrogen (secondary N) is 1. The summed E-state index contributed by atoms with van der Waals surface area (Å²) >= 11 is 6.45. The number of fused-ring (bicyclic) bond motifs is 1. The maximum absolute atomic E-state index is 12.3.